The molecule has 0 atom stereocenters. The maximum Gasteiger partial charge on any atom is 0.466 e. The summed E-state index contributed by atoms with van der Waals surface area (Å²) >= 11 is 0. The van der Waals surface area contributed by atoms with Gasteiger partial charge in [-0.25, -0.2) is 13.7 Å². The van der Waals surface area contributed by atoms with Crippen LogP contribution in [0.4, 0.5) is 0 Å². The molecule has 1 heterocycles. The Hall–Kier alpha value is 0.210. The van der Waals surface area contributed by atoms with Crippen molar-refractivity contribution >= 4 is 23.5 Å². The van der Waals surface area contributed by atoms with Gasteiger partial charge in [0.1, 0.15) is 0 Å². The van der Waals surface area contributed by atoms with E-state index >= 15 is 0 Å². The number of rotatable bonds is 0. The fourth-order valence-corrected chi connectivity index (χ4v) is 0.905. The summed E-state index contributed by atoms with van der Waals surface area (Å²) in [6.45, 7) is 6.59. The van der Waals surface area contributed by atoms with Gasteiger partial charge in [0.05, 0.1) is 0 Å². The maximum atomic E-state index is 8.88. The van der Waals surface area contributed by atoms with Crippen LogP contribution in [0.2, 0.25) is 0 Å². The third-order valence-corrected chi connectivity index (χ3v) is 1.44. The molecule has 0 unspecified atom stereocenters. The summed E-state index contributed by atoms with van der Waals surface area (Å²) in [5, 5.41) is 9.91. The summed E-state index contributed by atoms with van der Waals surface area (Å²) in [6.07, 6.45) is 0. The van der Waals surface area contributed by atoms with Crippen LogP contribution in [0.3, 0.4) is 0 Å². The molecule has 1 rings (SSSR count). The van der Waals surface area contributed by atoms with E-state index in [0.717, 1.165) is 39.3 Å². The average Bonchev–Trinajstić information content (AvgIpc) is 2.36. The normalized spacial score (nSPS) is 16.4. The van der Waals surface area contributed by atoms with E-state index < -0.39 is 23.5 Å². The number of hydrogen-bond acceptors (Lipinski definition) is 6. The lowest BCUT2D eigenvalue weighted by atomic mass is 10.6. The van der Waals surface area contributed by atoms with E-state index in [1.54, 1.807) is 0 Å². The van der Waals surface area contributed by atoms with E-state index in [-0.39, 0.29) is 0 Å². The van der Waals surface area contributed by atoms with E-state index in [2.05, 4.69) is 16.0 Å². The summed E-state index contributed by atoms with van der Waals surface area (Å²) in [6, 6.07) is 0. The Kier molecular flexibility index (Phi) is 18.7. The molecule has 15 nitrogen and oxygen atoms in total. The number of hydrogen-bond donors (Lipinski definition) is 12. The van der Waals surface area contributed by atoms with Gasteiger partial charge < -0.3 is 60.0 Å². The highest BCUT2D eigenvalue weighted by Crippen LogP contribution is 2.26. The number of phosphoric acid groups is 3. The molecule has 1 aliphatic heterocycles. The van der Waals surface area contributed by atoms with Crippen LogP contribution in [-0.2, 0) is 13.7 Å². The Morgan fingerprint density at radius 2 is 0.500 bits per heavy atom. The van der Waals surface area contributed by atoms with Crippen molar-refractivity contribution in [3.8, 4) is 0 Å². The van der Waals surface area contributed by atoms with Crippen LogP contribution in [0.5, 0.6) is 0 Å². The lowest BCUT2D eigenvalue weighted by Crippen LogP contribution is -2.27. The quantitative estimate of drug-likeness (QED) is 0.165. The molecule has 0 saturated carbocycles. The van der Waals surface area contributed by atoms with Crippen LogP contribution < -0.4 is 16.0 Å². The summed E-state index contributed by atoms with van der Waals surface area (Å²) in [4.78, 5) is 64.7. The molecule has 24 heavy (non-hydrogen) atoms. The van der Waals surface area contributed by atoms with Gasteiger partial charge in [-0.2, -0.15) is 0 Å². The van der Waals surface area contributed by atoms with Crippen LogP contribution in [0.15, 0.2) is 0 Å². The van der Waals surface area contributed by atoms with Crippen molar-refractivity contribution in [1.29, 1.82) is 0 Å². The van der Waals surface area contributed by atoms with E-state index in [0.29, 0.717) is 0 Å². The summed E-state index contributed by atoms with van der Waals surface area (Å²) in [5.41, 5.74) is 0. The summed E-state index contributed by atoms with van der Waals surface area (Å²) in [5.74, 6) is 0. The Morgan fingerprint density at radius 1 is 0.417 bits per heavy atom. The largest absolute Gasteiger partial charge is 0.466 e. The fraction of sp³-hybridized carbons (Fsp3) is 1.00. The molecule has 150 valence electrons. The first-order valence-corrected chi connectivity index (χ1v) is 10.7. The molecule has 1 fully saturated rings. The monoisotopic (exact) mass is 423 g/mol. The van der Waals surface area contributed by atoms with Crippen LogP contribution in [-0.4, -0.2) is 83.3 Å². The van der Waals surface area contributed by atoms with E-state index in [4.69, 9.17) is 57.7 Å². The Balaban J connectivity index is -0.000000259. The van der Waals surface area contributed by atoms with Crippen molar-refractivity contribution in [2.45, 2.75) is 0 Å². The first-order valence-electron chi connectivity index (χ1n) is 5.97. The predicted octanol–water partition coefficient (Wildman–Crippen LogP) is -4.02. The summed E-state index contributed by atoms with van der Waals surface area (Å²) in [7, 11) is -13.9. The predicted molar refractivity (Wildman–Crippen MR) is 81.4 cm³/mol. The van der Waals surface area contributed by atoms with Gasteiger partial charge in [-0.3, -0.25) is 0 Å². The molecular formula is C6H24N3O12P3. The van der Waals surface area contributed by atoms with Gasteiger partial charge in [0.15, 0.2) is 0 Å². The topological polar surface area (TPSA) is 269 Å². The minimum absolute atomic E-state index is 1.10. The smallest absolute Gasteiger partial charge is 0.314 e. The molecule has 1 saturated heterocycles. The van der Waals surface area contributed by atoms with Crippen molar-refractivity contribution in [2.75, 3.05) is 39.3 Å². The van der Waals surface area contributed by atoms with E-state index in [9.17, 15) is 0 Å². The zero-order valence-corrected chi connectivity index (χ0v) is 15.0. The van der Waals surface area contributed by atoms with Crippen LogP contribution in [0.1, 0.15) is 0 Å². The minimum Gasteiger partial charge on any atom is -0.314 e. The fourth-order valence-electron chi connectivity index (χ4n) is 0.905. The highest BCUT2D eigenvalue weighted by Gasteiger charge is 2.01. The number of nitrogens with one attached hydrogen (secondary N) is 3. The molecule has 0 spiro atoms. The Morgan fingerprint density at radius 3 is 0.583 bits per heavy atom. The van der Waals surface area contributed by atoms with Gasteiger partial charge in [-0.1, -0.05) is 0 Å². The first-order chi connectivity index (χ1) is 10.5. The second kappa shape index (κ2) is 15.5. The molecule has 0 radical (unpaired) electrons. The van der Waals surface area contributed by atoms with Gasteiger partial charge in [0.2, 0.25) is 0 Å². The van der Waals surface area contributed by atoms with Crippen molar-refractivity contribution in [3.05, 3.63) is 0 Å². The molecular weight excluding hydrogens is 399 g/mol. The third kappa shape index (κ3) is 118. The standard InChI is InChI=1S/C6H15N3.3H3O4P/c1-2-8-5-6-9-4-3-7-1;3*1-5(2,3)4/h7-9H,1-6H2;3*(H3,1,2,3,4). The van der Waals surface area contributed by atoms with Crippen molar-refractivity contribution in [1.82, 2.24) is 16.0 Å². The zero-order valence-electron chi connectivity index (χ0n) is 12.3. The van der Waals surface area contributed by atoms with E-state index in [1.165, 1.54) is 0 Å². The molecule has 12 N–H and O–H groups in total. The van der Waals surface area contributed by atoms with Crippen LogP contribution >= 0.6 is 23.5 Å². The molecule has 18 heteroatoms. The average molecular weight is 423 g/mol. The SMILES string of the molecule is C1CNCCNCCN1.O=P(O)(O)O.O=P(O)(O)O.O=P(O)(O)O. The van der Waals surface area contributed by atoms with Crippen molar-refractivity contribution in [2.24, 2.45) is 0 Å². The van der Waals surface area contributed by atoms with Crippen LogP contribution in [0, 0.1) is 0 Å². The molecule has 1 aliphatic rings. The van der Waals surface area contributed by atoms with Gasteiger partial charge in [-0.15, -0.1) is 0 Å². The molecule has 0 aromatic carbocycles. The van der Waals surface area contributed by atoms with Gasteiger partial charge >= 0.3 is 23.5 Å². The van der Waals surface area contributed by atoms with Crippen molar-refractivity contribution < 1.29 is 57.7 Å². The third-order valence-electron chi connectivity index (χ3n) is 1.44. The molecule has 0 aromatic heterocycles. The molecule has 0 aliphatic carbocycles. The molecule has 0 amide bonds. The van der Waals surface area contributed by atoms with Gasteiger partial charge in [-0.05, 0) is 0 Å². The van der Waals surface area contributed by atoms with Crippen LogP contribution in [0.25, 0.3) is 0 Å². The Labute approximate surface area is 137 Å². The van der Waals surface area contributed by atoms with Gasteiger partial charge in [0.25, 0.3) is 0 Å². The zero-order chi connectivity index (χ0) is 19.9. The summed E-state index contributed by atoms with van der Waals surface area (Å²) < 4.78 is 26.6. The maximum absolute atomic E-state index is 8.88. The molecule has 0 bridgehead atoms. The van der Waals surface area contributed by atoms with E-state index in [1.807, 2.05) is 0 Å². The lowest BCUT2D eigenvalue weighted by Gasteiger charge is -1.99. The minimum atomic E-state index is -4.64. The van der Waals surface area contributed by atoms with Gasteiger partial charge in [0, 0.05) is 39.3 Å². The Bertz CT molecular complexity index is 317. The first kappa shape index (κ1) is 29.0. The highest BCUT2D eigenvalue weighted by atomic mass is 31.2. The second-order valence-electron chi connectivity index (χ2n) is 3.79. The second-order valence-corrected chi connectivity index (χ2v) is 6.87. The highest BCUT2D eigenvalue weighted by molar-refractivity contribution is 7.45. The van der Waals surface area contributed by atoms with Crippen molar-refractivity contribution in [3.63, 3.8) is 0 Å². The lowest BCUT2D eigenvalue weighted by molar-refractivity contribution is 0.272. The molecule has 0 aromatic rings.